The maximum atomic E-state index is 13.4. The highest BCUT2D eigenvalue weighted by Gasteiger charge is 2.46. The summed E-state index contributed by atoms with van der Waals surface area (Å²) in [5, 5.41) is 8.54. The monoisotopic (exact) mass is 478 g/mol. The Kier molecular flexibility index (Phi) is 6.48. The van der Waals surface area contributed by atoms with Gasteiger partial charge in [-0.05, 0) is 67.7 Å². The normalized spacial score (nSPS) is 16.6. The Balaban J connectivity index is 1.77. The number of carbonyl (C=O) groups excluding carboxylic acids is 2. The summed E-state index contributed by atoms with van der Waals surface area (Å²) in [6.07, 6.45) is 0. The van der Waals surface area contributed by atoms with Crippen molar-refractivity contribution in [2.24, 2.45) is 10.2 Å². The zero-order valence-electron chi connectivity index (χ0n) is 17.8. The Hall–Kier alpha value is -3.62. The van der Waals surface area contributed by atoms with Crippen molar-refractivity contribution in [2.45, 2.75) is 13.0 Å². The zero-order chi connectivity index (χ0) is 23.5. The van der Waals surface area contributed by atoms with Crippen LogP contribution in [0.5, 0.6) is 5.75 Å². The highest BCUT2D eigenvalue weighted by Crippen LogP contribution is 2.32. The molecule has 4 rings (SSSR count). The number of azo groups is 1. The van der Waals surface area contributed by atoms with Crippen LogP contribution in [0.4, 0.5) is 17.1 Å². The van der Waals surface area contributed by atoms with Crippen molar-refractivity contribution in [2.75, 3.05) is 16.9 Å². The molecule has 0 N–H and O–H groups in total. The van der Waals surface area contributed by atoms with Crippen LogP contribution < -0.4 is 14.5 Å². The van der Waals surface area contributed by atoms with E-state index >= 15 is 0 Å². The van der Waals surface area contributed by atoms with E-state index in [1.54, 1.807) is 67.8 Å². The van der Waals surface area contributed by atoms with Gasteiger partial charge in [-0.15, -0.1) is 0 Å². The van der Waals surface area contributed by atoms with Crippen molar-refractivity contribution in [3.63, 3.8) is 0 Å². The molecule has 1 aliphatic heterocycles. The third kappa shape index (κ3) is 4.48. The number of amides is 2. The molecule has 166 valence electrons. The van der Waals surface area contributed by atoms with Crippen LogP contribution in [0.2, 0.25) is 5.02 Å². The highest BCUT2D eigenvalue weighted by molar-refractivity contribution is 7.81. The molecule has 3 aromatic carbocycles. The van der Waals surface area contributed by atoms with Crippen molar-refractivity contribution in [1.29, 1.82) is 0 Å². The van der Waals surface area contributed by atoms with E-state index in [1.165, 1.54) is 9.80 Å². The first kappa shape index (κ1) is 22.6. The number of anilines is 2. The fraction of sp³-hybridized carbons (Fsp3) is 0.125. The summed E-state index contributed by atoms with van der Waals surface area (Å²) in [6, 6.07) is 19.4. The number of rotatable bonds is 5. The molecule has 0 radical (unpaired) electrons. The van der Waals surface area contributed by atoms with Gasteiger partial charge >= 0.3 is 0 Å². The van der Waals surface area contributed by atoms with Gasteiger partial charge in [0.2, 0.25) is 6.04 Å². The van der Waals surface area contributed by atoms with Crippen LogP contribution >= 0.6 is 23.8 Å². The summed E-state index contributed by atoms with van der Waals surface area (Å²) >= 11 is 11.9. The van der Waals surface area contributed by atoms with Crippen LogP contribution in [0.15, 0.2) is 83.0 Å². The Labute approximate surface area is 201 Å². The van der Waals surface area contributed by atoms with E-state index in [0.717, 1.165) is 5.56 Å². The molecular weight excluding hydrogens is 460 g/mol. The van der Waals surface area contributed by atoms with E-state index in [0.29, 0.717) is 27.8 Å². The average molecular weight is 479 g/mol. The summed E-state index contributed by atoms with van der Waals surface area (Å²) < 4.78 is 5.13. The number of nitrogens with zero attached hydrogens (tertiary/aromatic N) is 4. The number of hydrogen-bond donors (Lipinski definition) is 0. The zero-order valence-corrected chi connectivity index (χ0v) is 19.4. The third-order valence-corrected chi connectivity index (χ3v) is 5.72. The van der Waals surface area contributed by atoms with Crippen LogP contribution in [-0.2, 0) is 9.59 Å². The number of ether oxygens (including phenoxy) is 1. The van der Waals surface area contributed by atoms with Gasteiger partial charge in [0.05, 0.1) is 29.2 Å². The maximum absolute atomic E-state index is 13.4. The lowest BCUT2D eigenvalue weighted by molar-refractivity contribution is -0.128. The minimum atomic E-state index is -1.43. The number of halogens is 1. The Morgan fingerprint density at radius 2 is 1.55 bits per heavy atom. The molecule has 0 saturated carbocycles. The second-order valence-corrected chi connectivity index (χ2v) is 8.01. The lowest BCUT2D eigenvalue weighted by atomic mass is 10.1. The summed E-state index contributed by atoms with van der Waals surface area (Å²) in [6.45, 7) is 1.94. The van der Waals surface area contributed by atoms with Gasteiger partial charge in [0.1, 0.15) is 5.75 Å². The molecular formula is C24H19ClN4O3S. The van der Waals surface area contributed by atoms with E-state index in [-0.39, 0.29) is 5.11 Å². The Morgan fingerprint density at radius 1 is 0.909 bits per heavy atom. The van der Waals surface area contributed by atoms with E-state index in [4.69, 9.17) is 28.6 Å². The highest BCUT2D eigenvalue weighted by atomic mass is 35.5. The van der Waals surface area contributed by atoms with Crippen molar-refractivity contribution < 1.29 is 14.3 Å². The van der Waals surface area contributed by atoms with Crippen molar-refractivity contribution in [3.8, 4) is 5.75 Å². The van der Waals surface area contributed by atoms with Crippen LogP contribution in [0, 0.1) is 6.92 Å². The van der Waals surface area contributed by atoms with Crippen LogP contribution in [0.25, 0.3) is 0 Å². The molecule has 1 unspecified atom stereocenters. The van der Waals surface area contributed by atoms with Gasteiger partial charge in [-0.1, -0.05) is 41.4 Å². The molecule has 0 aromatic heterocycles. The van der Waals surface area contributed by atoms with Gasteiger partial charge in [0.25, 0.3) is 11.8 Å². The van der Waals surface area contributed by atoms with Crippen molar-refractivity contribution in [1.82, 2.24) is 0 Å². The largest absolute Gasteiger partial charge is 0.497 e. The van der Waals surface area contributed by atoms with Gasteiger partial charge in [-0.25, -0.2) is 0 Å². The van der Waals surface area contributed by atoms with E-state index in [1.807, 2.05) is 19.1 Å². The number of methoxy groups -OCH3 is 1. The summed E-state index contributed by atoms with van der Waals surface area (Å²) in [7, 11) is 1.56. The predicted octanol–water partition coefficient (Wildman–Crippen LogP) is 5.47. The van der Waals surface area contributed by atoms with Crippen LogP contribution in [0.3, 0.4) is 0 Å². The third-order valence-electron chi connectivity index (χ3n) is 5.04. The molecule has 1 atom stereocenters. The number of carbonyl (C=O) groups is 2. The molecule has 0 bridgehead atoms. The molecule has 3 aromatic rings. The number of benzene rings is 3. The van der Waals surface area contributed by atoms with Gasteiger partial charge in [0, 0.05) is 0 Å². The van der Waals surface area contributed by atoms with Crippen molar-refractivity contribution >= 4 is 57.8 Å². The van der Waals surface area contributed by atoms with Crippen LogP contribution in [0.1, 0.15) is 5.56 Å². The number of thiocarbonyl (C=S) groups is 1. The molecule has 1 fully saturated rings. The molecule has 0 aliphatic carbocycles. The minimum absolute atomic E-state index is 0.00199. The summed E-state index contributed by atoms with van der Waals surface area (Å²) in [4.78, 5) is 29.3. The lowest BCUT2D eigenvalue weighted by Gasteiger charge is -2.37. The predicted molar refractivity (Wildman–Crippen MR) is 131 cm³/mol. The van der Waals surface area contributed by atoms with E-state index in [2.05, 4.69) is 10.2 Å². The maximum Gasteiger partial charge on any atom is 0.269 e. The number of hydrogen-bond acceptors (Lipinski definition) is 6. The molecule has 1 saturated heterocycles. The molecule has 1 heterocycles. The number of para-hydroxylation sites is 1. The molecule has 0 spiro atoms. The van der Waals surface area contributed by atoms with Gasteiger partial charge in [0.15, 0.2) is 5.11 Å². The number of aryl methyl sites for hydroxylation is 1. The standard InChI is InChI=1S/C24H19ClN4O3S/c1-15-7-11-17(12-8-15)28-22(30)21(27-26-16-9-13-18(32-2)14-10-16)23(31)29(24(28)33)20-6-4-3-5-19(20)25/h3-14,21H,1-2H3. The second kappa shape index (κ2) is 9.48. The van der Waals surface area contributed by atoms with Gasteiger partial charge in [-0.2, -0.15) is 10.2 Å². The Morgan fingerprint density at radius 3 is 2.18 bits per heavy atom. The second-order valence-electron chi connectivity index (χ2n) is 7.23. The first-order valence-corrected chi connectivity index (χ1v) is 10.8. The topological polar surface area (TPSA) is 74.6 Å². The van der Waals surface area contributed by atoms with Crippen molar-refractivity contribution in [3.05, 3.63) is 83.4 Å². The smallest absolute Gasteiger partial charge is 0.269 e. The van der Waals surface area contributed by atoms with Gasteiger partial charge < -0.3 is 4.74 Å². The first-order valence-electron chi connectivity index (χ1n) is 9.98. The van der Waals surface area contributed by atoms with Gasteiger partial charge in [-0.3, -0.25) is 19.4 Å². The summed E-state index contributed by atoms with van der Waals surface area (Å²) in [5.74, 6) is -0.562. The lowest BCUT2D eigenvalue weighted by Crippen LogP contribution is -2.62. The fourth-order valence-corrected chi connectivity index (χ4v) is 3.90. The fourth-order valence-electron chi connectivity index (χ4n) is 3.30. The van der Waals surface area contributed by atoms with E-state index in [9.17, 15) is 9.59 Å². The quantitative estimate of drug-likeness (QED) is 0.276. The summed E-state index contributed by atoms with van der Waals surface area (Å²) in [5.41, 5.74) is 2.37. The average Bonchev–Trinajstić information content (AvgIpc) is 2.82. The SMILES string of the molecule is COc1ccc(N=NC2C(=O)N(c3ccc(C)cc3)C(=S)N(c3ccccc3Cl)C2=O)cc1. The molecule has 2 amide bonds. The molecule has 9 heteroatoms. The molecule has 7 nitrogen and oxygen atoms in total. The molecule has 33 heavy (non-hydrogen) atoms. The minimum Gasteiger partial charge on any atom is -0.497 e. The Bertz CT molecular complexity index is 1250. The van der Waals surface area contributed by atoms with Crippen LogP contribution in [-0.4, -0.2) is 30.1 Å². The van der Waals surface area contributed by atoms with E-state index < -0.39 is 17.9 Å². The first-order chi connectivity index (χ1) is 15.9. The molecule has 1 aliphatic rings.